The summed E-state index contributed by atoms with van der Waals surface area (Å²) >= 11 is 0. The summed E-state index contributed by atoms with van der Waals surface area (Å²) in [6, 6.07) is 8.28. The number of rotatable bonds is 10. The van der Waals surface area contributed by atoms with Gasteiger partial charge in [0.2, 0.25) is 5.91 Å². The van der Waals surface area contributed by atoms with Gasteiger partial charge in [-0.1, -0.05) is 12.1 Å². The lowest BCUT2D eigenvalue weighted by atomic mass is 10.1. The second kappa shape index (κ2) is 11.0. The van der Waals surface area contributed by atoms with E-state index in [1.807, 2.05) is 0 Å². The van der Waals surface area contributed by atoms with Crippen LogP contribution in [0.1, 0.15) is 10.4 Å². The average molecular weight is 455 g/mol. The van der Waals surface area contributed by atoms with Crippen molar-refractivity contribution in [1.29, 1.82) is 0 Å². The number of nitrogens with one attached hydrogen (secondary N) is 3. The molecule has 2 aromatic heterocycles. The Bertz CT molecular complexity index is 1120. The van der Waals surface area contributed by atoms with Crippen molar-refractivity contribution < 1.29 is 18.7 Å². The predicted molar refractivity (Wildman–Crippen MR) is 122 cm³/mol. The molecule has 3 N–H and O–H groups in total. The van der Waals surface area contributed by atoms with Crippen LogP contribution in [-0.4, -0.2) is 65.8 Å². The number of benzene rings is 1. The molecule has 0 unspecified atom stereocenters. The maximum Gasteiger partial charge on any atom is 0.253 e. The third-order valence-corrected chi connectivity index (χ3v) is 4.78. The van der Waals surface area contributed by atoms with Crippen LogP contribution < -0.4 is 16.0 Å². The van der Waals surface area contributed by atoms with Crippen molar-refractivity contribution in [2.45, 2.75) is 6.54 Å². The quantitative estimate of drug-likeness (QED) is 0.430. The van der Waals surface area contributed by atoms with E-state index in [-0.39, 0.29) is 24.0 Å². The molecule has 0 atom stereocenters. The topological polar surface area (TPSA) is 113 Å². The molecule has 174 valence electrons. The standard InChI is InChI=1S/C22H26FN7O3/c1-24-22(32)16-6-4-5-7-18(16)28-19-10-20(25-12-17(19)23)27-15-11-26-30(13-15)14-21(31)29(2)8-9-33-3/h4-7,10-13H,8-9,14H2,1-3H3,(H,24,32)(H2,25,27,28). The summed E-state index contributed by atoms with van der Waals surface area (Å²) in [6.45, 7) is 1.01. The van der Waals surface area contributed by atoms with Crippen molar-refractivity contribution in [2.75, 3.05) is 45.0 Å². The number of hydrogen-bond donors (Lipinski definition) is 3. The van der Waals surface area contributed by atoms with Crippen LogP contribution in [0.2, 0.25) is 0 Å². The summed E-state index contributed by atoms with van der Waals surface area (Å²) in [5.41, 5.74) is 1.56. The molecule has 0 fully saturated rings. The van der Waals surface area contributed by atoms with Gasteiger partial charge in [-0.15, -0.1) is 0 Å². The van der Waals surface area contributed by atoms with E-state index in [0.29, 0.717) is 35.9 Å². The number of aromatic nitrogens is 3. The molecular formula is C22H26FN7O3. The van der Waals surface area contributed by atoms with E-state index in [9.17, 15) is 14.0 Å². The van der Waals surface area contributed by atoms with Crippen LogP contribution in [0.3, 0.4) is 0 Å². The van der Waals surface area contributed by atoms with Crippen LogP contribution in [0, 0.1) is 5.82 Å². The first kappa shape index (κ1) is 23.7. The summed E-state index contributed by atoms with van der Waals surface area (Å²) < 4.78 is 20.9. The number of halogens is 1. The molecule has 0 radical (unpaired) electrons. The van der Waals surface area contributed by atoms with E-state index < -0.39 is 5.82 Å². The van der Waals surface area contributed by atoms with Crippen LogP contribution in [0.25, 0.3) is 0 Å². The molecule has 0 saturated carbocycles. The normalized spacial score (nSPS) is 10.5. The fourth-order valence-corrected chi connectivity index (χ4v) is 2.95. The highest BCUT2D eigenvalue weighted by atomic mass is 19.1. The molecule has 1 aromatic carbocycles. The number of likely N-dealkylation sites (N-methyl/N-ethyl adjacent to an activating group) is 1. The molecule has 0 aliphatic carbocycles. The zero-order chi connectivity index (χ0) is 23.8. The van der Waals surface area contributed by atoms with Gasteiger partial charge >= 0.3 is 0 Å². The number of amides is 2. The fraction of sp³-hybridized carbons (Fsp3) is 0.273. The van der Waals surface area contributed by atoms with Gasteiger partial charge in [0, 0.05) is 40.0 Å². The number of nitrogens with zero attached hydrogens (tertiary/aromatic N) is 4. The molecular weight excluding hydrogens is 429 g/mol. The van der Waals surface area contributed by atoms with Crippen molar-refractivity contribution >= 4 is 34.7 Å². The Labute approximate surface area is 190 Å². The van der Waals surface area contributed by atoms with Crippen molar-refractivity contribution in [2.24, 2.45) is 0 Å². The Hall–Kier alpha value is -3.99. The summed E-state index contributed by atoms with van der Waals surface area (Å²) in [4.78, 5) is 29.9. The monoisotopic (exact) mass is 455 g/mol. The lowest BCUT2D eigenvalue weighted by Crippen LogP contribution is -2.32. The van der Waals surface area contributed by atoms with E-state index >= 15 is 0 Å². The summed E-state index contributed by atoms with van der Waals surface area (Å²) in [5, 5.41) is 12.7. The molecule has 11 heteroatoms. The van der Waals surface area contributed by atoms with Crippen molar-refractivity contribution in [3.05, 3.63) is 60.3 Å². The second-order valence-corrected chi connectivity index (χ2v) is 7.16. The Morgan fingerprint density at radius 2 is 1.97 bits per heavy atom. The molecule has 33 heavy (non-hydrogen) atoms. The molecule has 0 spiro atoms. The van der Waals surface area contributed by atoms with Crippen molar-refractivity contribution in [1.82, 2.24) is 25.0 Å². The second-order valence-electron chi connectivity index (χ2n) is 7.16. The molecule has 3 rings (SSSR count). The Morgan fingerprint density at radius 1 is 1.18 bits per heavy atom. The summed E-state index contributed by atoms with van der Waals surface area (Å²) in [6.07, 6.45) is 4.27. The Kier molecular flexibility index (Phi) is 7.92. The average Bonchev–Trinajstić information content (AvgIpc) is 3.25. The molecule has 3 aromatic rings. The number of hydrogen-bond acceptors (Lipinski definition) is 7. The Balaban J connectivity index is 1.70. The van der Waals surface area contributed by atoms with E-state index in [4.69, 9.17) is 4.74 Å². The first-order valence-electron chi connectivity index (χ1n) is 10.2. The molecule has 0 saturated heterocycles. The van der Waals surface area contributed by atoms with Gasteiger partial charge in [0.15, 0.2) is 5.82 Å². The van der Waals surface area contributed by atoms with Crippen molar-refractivity contribution in [3.63, 3.8) is 0 Å². The minimum absolute atomic E-state index is 0.0713. The van der Waals surface area contributed by atoms with Gasteiger partial charge in [-0.05, 0) is 12.1 Å². The minimum atomic E-state index is -0.576. The summed E-state index contributed by atoms with van der Waals surface area (Å²) in [7, 11) is 4.80. The predicted octanol–water partition coefficient (Wildman–Crippen LogP) is 2.37. The number of anilines is 4. The largest absolute Gasteiger partial charge is 0.383 e. The minimum Gasteiger partial charge on any atom is -0.383 e. The van der Waals surface area contributed by atoms with Crippen LogP contribution in [0.15, 0.2) is 48.9 Å². The van der Waals surface area contributed by atoms with Crippen LogP contribution in [-0.2, 0) is 16.1 Å². The fourth-order valence-electron chi connectivity index (χ4n) is 2.95. The Morgan fingerprint density at radius 3 is 2.73 bits per heavy atom. The van der Waals surface area contributed by atoms with E-state index in [1.165, 1.54) is 17.8 Å². The highest BCUT2D eigenvalue weighted by Gasteiger charge is 2.13. The van der Waals surface area contributed by atoms with E-state index in [2.05, 4.69) is 26.0 Å². The lowest BCUT2D eigenvalue weighted by Gasteiger charge is -2.16. The maximum absolute atomic E-state index is 14.4. The van der Waals surface area contributed by atoms with Gasteiger partial charge in [0.05, 0.1) is 41.6 Å². The van der Waals surface area contributed by atoms with E-state index in [0.717, 1.165) is 6.20 Å². The first-order valence-corrected chi connectivity index (χ1v) is 10.2. The molecule has 0 aliphatic rings. The SMILES string of the molecule is CNC(=O)c1ccccc1Nc1cc(Nc2cnn(CC(=O)N(C)CCOC)c2)ncc1F. The molecule has 2 amide bonds. The van der Waals surface area contributed by atoms with Gasteiger partial charge in [-0.3, -0.25) is 14.3 Å². The number of pyridine rings is 1. The number of para-hydroxylation sites is 1. The highest BCUT2D eigenvalue weighted by molar-refractivity contribution is 6.00. The smallest absolute Gasteiger partial charge is 0.253 e. The van der Waals surface area contributed by atoms with Crippen LogP contribution in [0.4, 0.5) is 27.3 Å². The number of carbonyl (C=O) groups is 2. The molecule has 0 bridgehead atoms. The van der Waals surface area contributed by atoms with Gasteiger partial charge in [0.25, 0.3) is 5.91 Å². The molecule has 0 aliphatic heterocycles. The van der Waals surface area contributed by atoms with Gasteiger partial charge in [-0.25, -0.2) is 9.37 Å². The zero-order valence-corrected chi connectivity index (χ0v) is 18.6. The van der Waals surface area contributed by atoms with Gasteiger partial charge in [0.1, 0.15) is 12.4 Å². The van der Waals surface area contributed by atoms with Crippen LogP contribution >= 0.6 is 0 Å². The summed E-state index contributed by atoms with van der Waals surface area (Å²) in [5.74, 6) is -0.615. The molecule has 10 nitrogen and oxygen atoms in total. The number of carbonyl (C=O) groups excluding carboxylic acids is 2. The molecule has 2 heterocycles. The third-order valence-electron chi connectivity index (χ3n) is 4.78. The first-order chi connectivity index (χ1) is 15.9. The highest BCUT2D eigenvalue weighted by Crippen LogP contribution is 2.26. The number of ether oxygens (including phenoxy) is 1. The van der Waals surface area contributed by atoms with Crippen molar-refractivity contribution in [3.8, 4) is 0 Å². The number of methoxy groups -OCH3 is 1. The van der Waals surface area contributed by atoms with Gasteiger partial charge < -0.3 is 25.6 Å². The third kappa shape index (κ3) is 6.26. The van der Waals surface area contributed by atoms with Crippen LogP contribution in [0.5, 0.6) is 0 Å². The van der Waals surface area contributed by atoms with Gasteiger partial charge in [-0.2, -0.15) is 5.10 Å². The maximum atomic E-state index is 14.4. The van der Waals surface area contributed by atoms with E-state index in [1.54, 1.807) is 55.7 Å². The zero-order valence-electron chi connectivity index (χ0n) is 18.6. The lowest BCUT2D eigenvalue weighted by molar-refractivity contribution is -0.131.